The number of rotatable bonds is 5. The Morgan fingerprint density at radius 3 is 2.33 bits per heavy atom. The first-order valence-corrected chi connectivity index (χ1v) is 8.23. The van der Waals surface area contributed by atoms with Crippen LogP contribution in [0.5, 0.6) is 0 Å². The number of benzene rings is 2. The van der Waals surface area contributed by atoms with E-state index in [2.05, 4.69) is 5.32 Å². The van der Waals surface area contributed by atoms with Gasteiger partial charge in [-0.2, -0.15) is 0 Å². The Labute approximate surface area is 142 Å². The van der Waals surface area contributed by atoms with Crippen molar-refractivity contribution in [1.82, 2.24) is 5.32 Å². The summed E-state index contributed by atoms with van der Waals surface area (Å²) in [7, 11) is 0. The standard InChI is InChI=1S/C19H14FNO2S/c20-16-9-4-1-6-13(16)12-21-19(23)15-8-3-2-7-14(15)18(22)17-10-5-11-24-17/h1-11H,12H2,(H,21,23). The van der Waals surface area contributed by atoms with Crippen LogP contribution in [-0.2, 0) is 6.54 Å². The number of hydrogen-bond donors (Lipinski definition) is 1. The first-order valence-electron chi connectivity index (χ1n) is 7.35. The average Bonchev–Trinajstić information content (AvgIpc) is 3.15. The monoisotopic (exact) mass is 339 g/mol. The van der Waals surface area contributed by atoms with Crippen LogP contribution in [0.15, 0.2) is 66.0 Å². The van der Waals surface area contributed by atoms with Gasteiger partial charge in [0.05, 0.1) is 10.4 Å². The van der Waals surface area contributed by atoms with Crippen LogP contribution in [0.3, 0.4) is 0 Å². The van der Waals surface area contributed by atoms with E-state index in [1.165, 1.54) is 17.4 Å². The van der Waals surface area contributed by atoms with Crippen molar-refractivity contribution < 1.29 is 14.0 Å². The van der Waals surface area contributed by atoms with Crippen molar-refractivity contribution in [3.63, 3.8) is 0 Å². The smallest absolute Gasteiger partial charge is 0.252 e. The summed E-state index contributed by atoms with van der Waals surface area (Å²) in [5.74, 6) is -0.971. The lowest BCUT2D eigenvalue weighted by atomic mass is 10.0. The maximum absolute atomic E-state index is 13.6. The predicted octanol–water partition coefficient (Wildman–Crippen LogP) is 4.05. The van der Waals surface area contributed by atoms with E-state index >= 15 is 0 Å². The number of nitrogens with one attached hydrogen (secondary N) is 1. The predicted molar refractivity (Wildman–Crippen MR) is 91.8 cm³/mol. The van der Waals surface area contributed by atoms with Gasteiger partial charge in [0.2, 0.25) is 5.78 Å². The van der Waals surface area contributed by atoms with E-state index in [1.54, 1.807) is 54.6 Å². The molecule has 0 atom stereocenters. The number of halogens is 1. The summed E-state index contributed by atoms with van der Waals surface area (Å²) < 4.78 is 13.6. The second kappa shape index (κ2) is 7.19. The number of carbonyl (C=O) groups excluding carboxylic acids is 2. The van der Waals surface area contributed by atoms with Crippen LogP contribution in [0, 0.1) is 5.82 Å². The van der Waals surface area contributed by atoms with Crippen LogP contribution in [-0.4, -0.2) is 11.7 Å². The summed E-state index contributed by atoms with van der Waals surface area (Å²) in [6.45, 7) is 0.0625. The van der Waals surface area contributed by atoms with Crippen LogP contribution < -0.4 is 5.32 Å². The van der Waals surface area contributed by atoms with Crippen molar-refractivity contribution in [2.24, 2.45) is 0 Å². The van der Waals surface area contributed by atoms with Crippen molar-refractivity contribution in [2.75, 3.05) is 0 Å². The fourth-order valence-electron chi connectivity index (χ4n) is 2.33. The molecule has 0 radical (unpaired) electrons. The van der Waals surface area contributed by atoms with Crippen molar-refractivity contribution in [1.29, 1.82) is 0 Å². The molecule has 0 aliphatic rings. The second-order valence-corrected chi connectivity index (χ2v) is 6.07. The number of carbonyl (C=O) groups is 2. The molecule has 0 saturated carbocycles. The van der Waals surface area contributed by atoms with Crippen molar-refractivity contribution in [2.45, 2.75) is 6.54 Å². The SMILES string of the molecule is O=C(NCc1ccccc1F)c1ccccc1C(=O)c1cccs1. The lowest BCUT2D eigenvalue weighted by Gasteiger charge is -2.09. The molecule has 3 nitrogen and oxygen atoms in total. The van der Waals surface area contributed by atoms with E-state index in [9.17, 15) is 14.0 Å². The molecule has 24 heavy (non-hydrogen) atoms. The third-order valence-electron chi connectivity index (χ3n) is 3.56. The van der Waals surface area contributed by atoms with E-state index < -0.39 is 5.91 Å². The molecular formula is C19H14FNO2S. The summed E-state index contributed by atoms with van der Waals surface area (Å²) in [6.07, 6.45) is 0. The fraction of sp³-hybridized carbons (Fsp3) is 0.0526. The number of ketones is 1. The van der Waals surface area contributed by atoms with Crippen LogP contribution in [0.1, 0.15) is 31.2 Å². The molecule has 1 heterocycles. The highest BCUT2D eigenvalue weighted by Gasteiger charge is 2.18. The molecule has 2 aromatic carbocycles. The zero-order chi connectivity index (χ0) is 16.9. The first kappa shape index (κ1) is 16.1. The molecule has 0 bridgehead atoms. The molecule has 5 heteroatoms. The lowest BCUT2D eigenvalue weighted by molar-refractivity contribution is 0.0940. The third-order valence-corrected chi connectivity index (χ3v) is 4.43. The highest BCUT2D eigenvalue weighted by atomic mass is 32.1. The molecule has 120 valence electrons. The minimum atomic E-state index is -0.404. The van der Waals surface area contributed by atoms with Gasteiger partial charge in [-0.3, -0.25) is 9.59 Å². The molecule has 0 aliphatic heterocycles. The number of hydrogen-bond acceptors (Lipinski definition) is 3. The molecule has 3 rings (SSSR count). The van der Waals surface area contributed by atoms with Gasteiger partial charge in [0.15, 0.2) is 0 Å². The van der Waals surface area contributed by atoms with E-state index in [1.807, 2.05) is 5.38 Å². The normalized spacial score (nSPS) is 10.4. The lowest BCUT2D eigenvalue weighted by Crippen LogP contribution is -2.25. The van der Waals surface area contributed by atoms with Gasteiger partial charge in [-0.05, 0) is 23.6 Å². The number of amides is 1. The summed E-state index contributed by atoms with van der Waals surface area (Å²) in [5.41, 5.74) is 1.02. The molecule has 0 spiro atoms. The summed E-state index contributed by atoms with van der Waals surface area (Å²) in [4.78, 5) is 25.5. The zero-order valence-corrected chi connectivity index (χ0v) is 13.5. The summed E-state index contributed by atoms with van der Waals surface area (Å²) in [6, 6.07) is 16.4. The fourth-order valence-corrected chi connectivity index (χ4v) is 3.01. The van der Waals surface area contributed by atoms with E-state index in [-0.39, 0.29) is 23.7 Å². The Hall–Kier alpha value is -2.79. The van der Waals surface area contributed by atoms with Gasteiger partial charge in [-0.25, -0.2) is 4.39 Å². The minimum Gasteiger partial charge on any atom is -0.348 e. The summed E-state index contributed by atoms with van der Waals surface area (Å²) in [5, 5.41) is 4.48. The highest BCUT2D eigenvalue weighted by molar-refractivity contribution is 7.12. The average molecular weight is 339 g/mol. The highest BCUT2D eigenvalue weighted by Crippen LogP contribution is 2.18. The van der Waals surface area contributed by atoms with Crippen LogP contribution in [0.25, 0.3) is 0 Å². The number of thiophene rings is 1. The van der Waals surface area contributed by atoms with Gasteiger partial charge in [0.1, 0.15) is 5.82 Å². The van der Waals surface area contributed by atoms with E-state index in [4.69, 9.17) is 0 Å². The molecule has 0 unspecified atom stereocenters. The molecule has 1 amide bonds. The zero-order valence-electron chi connectivity index (χ0n) is 12.7. The molecule has 0 fully saturated rings. The Bertz CT molecular complexity index is 875. The molecule has 0 aliphatic carbocycles. The van der Waals surface area contributed by atoms with Gasteiger partial charge in [0.25, 0.3) is 5.91 Å². The quantitative estimate of drug-likeness (QED) is 0.713. The maximum Gasteiger partial charge on any atom is 0.252 e. The van der Waals surface area contributed by atoms with Crippen molar-refractivity contribution in [3.05, 3.63) is 93.4 Å². The third kappa shape index (κ3) is 3.41. The molecular weight excluding hydrogens is 325 g/mol. The minimum absolute atomic E-state index is 0.0625. The van der Waals surface area contributed by atoms with Gasteiger partial charge in [-0.15, -0.1) is 11.3 Å². The largest absolute Gasteiger partial charge is 0.348 e. The van der Waals surface area contributed by atoms with Gasteiger partial charge in [-0.1, -0.05) is 42.5 Å². The topological polar surface area (TPSA) is 46.2 Å². The molecule has 1 aromatic heterocycles. The Morgan fingerprint density at radius 2 is 1.62 bits per heavy atom. The Balaban J connectivity index is 1.81. The Morgan fingerprint density at radius 1 is 0.917 bits per heavy atom. The van der Waals surface area contributed by atoms with Crippen LogP contribution in [0.2, 0.25) is 0 Å². The summed E-state index contributed by atoms with van der Waals surface area (Å²) >= 11 is 1.33. The van der Waals surface area contributed by atoms with Gasteiger partial charge in [0, 0.05) is 17.7 Å². The molecule has 1 N–H and O–H groups in total. The van der Waals surface area contributed by atoms with Crippen LogP contribution in [0.4, 0.5) is 4.39 Å². The second-order valence-electron chi connectivity index (χ2n) is 5.13. The first-order chi connectivity index (χ1) is 11.7. The molecule has 3 aromatic rings. The van der Waals surface area contributed by atoms with Crippen molar-refractivity contribution >= 4 is 23.0 Å². The van der Waals surface area contributed by atoms with E-state index in [0.717, 1.165) is 0 Å². The van der Waals surface area contributed by atoms with Gasteiger partial charge < -0.3 is 5.32 Å². The van der Waals surface area contributed by atoms with Crippen LogP contribution >= 0.6 is 11.3 Å². The van der Waals surface area contributed by atoms with E-state index in [0.29, 0.717) is 16.0 Å². The van der Waals surface area contributed by atoms with Gasteiger partial charge >= 0.3 is 0 Å². The molecule has 0 saturated heterocycles. The Kier molecular flexibility index (Phi) is 4.82. The van der Waals surface area contributed by atoms with Crippen molar-refractivity contribution in [3.8, 4) is 0 Å². The maximum atomic E-state index is 13.6.